The van der Waals surface area contributed by atoms with Crippen molar-refractivity contribution in [2.45, 2.75) is 312 Å². The van der Waals surface area contributed by atoms with Gasteiger partial charge < -0.3 is 39.4 Å². The molecule has 0 unspecified atom stereocenters. The number of nitrogens with zero attached hydrogens (tertiary/aromatic N) is 4. The largest absolute Gasteiger partial charge is 0.512 e. The summed E-state index contributed by atoms with van der Waals surface area (Å²) in [4.78, 5) is 67.4. The van der Waals surface area contributed by atoms with Crippen molar-refractivity contribution in [1.29, 1.82) is 0 Å². The molecular formula is C124H160Ir4N4O12S4-4. The van der Waals surface area contributed by atoms with Gasteiger partial charge in [-0.25, -0.2) is 19.9 Å². The van der Waals surface area contributed by atoms with E-state index in [-0.39, 0.29) is 170 Å². The summed E-state index contributed by atoms with van der Waals surface area (Å²) in [5, 5.41) is 48.4. The van der Waals surface area contributed by atoms with Gasteiger partial charge in [-0.1, -0.05) is 280 Å². The number of thiophene rings is 4. The Hall–Kier alpha value is -8.82. The summed E-state index contributed by atoms with van der Waals surface area (Å²) >= 11 is 6.80. The first kappa shape index (κ1) is 135. The quantitative estimate of drug-likeness (QED) is 0.0179. The number of aromatic nitrogens is 4. The van der Waals surface area contributed by atoms with Crippen molar-refractivity contribution >= 4 is 109 Å². The number of hydrogen-bond acceptors (Lipinski definition) is 20. The second kappa shape index (κ2) is 60.6. The van der Waals surface area contributed by atoms with E-state index >= 15 is 0 Å². The van der Waals surface area contributed by atoms with E-state index in [1.165, 1.54) is 72.6 Å². The van der Waals surface area contributed by atoms with E-state index in [0.29, 0.717) is 41.1 Å². The summed E-state index contributed by atoms with van der Waals surface area (Å²) < 4.78 is 28.2. The molecule has 0 aliphatic rings. The standard InChI is InChI=1S/C21H16NOS.2C18H18NOS.C15H12NOS.4C13H24O2.4Ir/c1-14-10-15(2)12-18(11-14)23-21-20-17(8-9-22-21)13-19(24-20)16-6-4-3-5-7-16;1-11(2)16-10-21-17-15(16)5-6-19-18(17)20-14-8-12(3)7-13(4)9-14;1-11(2)16-10-14-5-6-19-18(17(14)21-16)20-15-8-12(3)7-13(4)9-15;1-10-7-11(2)9-13(8-10)17-15-14-12(3-5-16-15)4-6-18-14;4*1-7-12(3,4)10(14)9-11(15)13(5,6)8-2;;;;/h3-11,13H,1-2H3;2*5-8,10-11H,1-4H3;3-8H,1-2H3;4*9,14H,7-8H2,1-6H3;;;;/q4*-1;;;;;;;;. The summed E-state index contributed by atoms with van der Waals surface area (Å²) in [6, 6.07) is 54.2. The number of aryl methyl sites for hydroxylation is 8. The third-order valence-corrected chi connectivity index (χ3v) is 31.3. The summed E-state index contributed by atoms with van der Waals surface area (Å²) in [7, 11) is 0. The fraction of sp³-hybridized carbons (Fsp3) is 0.435. The minimum absolute atomic E-state index is 0. The molecule has 16 nitrogen and oxygen atoms in total. The molecule has 13 aromatic rings. The molecule has 0 amide bonds. The number of ketones is 4. The Morgan fingerprint density at radius 1 is 0.331 bits per heavy atom. The van der Waals surface area contributed by atoms with Crippen LogP contribution in [0.4, 0.5) is 0 Å². The van der Waals surface area contributed by atoms with E-state index in [4.69, 9.17) is 18.9 Å². The number of fused-ring (bicyclic) bond motifs is 4. The monoisotopic (exact) mass is 2800 g/mol. The van der Waals surface area contributed by atoms with Crippen molar-refractivity contribution in [3.05, 3.63) is 283 Å². The Kier molecular flexibility index (Phi) is 55.4. The predicted octanol–water partition coefficient (Wildman–Crippen LogP) is 37.4. The molecule has 0 fully saturated rings. The molecule has 0 saturated carbocycles. The normalized spacial score (nSPS) is 12.0. The molecule has 8 aromatic heterocycles. The number of ether oxygens (including phenoxy) is 4. The van der Waals surface area contributed by atoms with Gasteiger partial charge in [-0.15, -0.1) is 93.9 Å². The summed E-state index contributed by atoms with van der Waals surface area (Å²) in [5.41, 5.74) is 8.78. The first-order valence-electron chi connectivity index (χ1n) is 50.2. The third kappa shape index (κ3) is 40.6. The SMILES string of the molecule is CCC(C)(C)C(=O)C=C(O)C(C)(C)CC.CCC(C)(C)C(=O)C=C(O)C(C)(C)CC.CCC(C)(C)C(=O)C=C(O)C(C)(C)CC.CCC(C)(C)C(=O)C=C(O)C(C)(C)CC.Cc1[c-]c(Oc2nccc3c(C(C)C)csc23)cc(C)c1.Cc1[c-]c(Oc2nccc3cc(-c4ccccc4)sc23)cc(C)c1.Cc1[c-]c(Oc2nccc3cc(C(C)C)sc23)cc(C)c1.Cc1[c-]c(Oc2nccc3ccsc23)cc(C)c1.[Ir].[Ir].[Ir].[Ir]. The van der Waals surface area contributed by atoms with Gasteiger partial charge >= 0.3 is 0 Å². The van der Waals surface area contributed by atoms with Gasteiger partial charge in [-0.05, 0) is 138 Å². The van der Waals surface area contributed by atoms with Crippen LogP contribution in [0.15, 0.2) is 204 Å². The number of aliphatic hydroxyl groups is 4. The number of benzene rings is 5. The van der Waals surface area contributed by atoms with Crippen LogP contribution < -0.4 is 18.9 Å². The number of pyridine rings is 4. The molecule has 0 spiro atoms. The Morgan fingerprint density at radius 3 is 0.912 bits per heavy atom. The van der Waals surface area contributed by atoms with Gasteiger partial charge in [0, 0.05) is 216 Å². The average Bonchev–Trinajstić information content (AvgIpc) is 1.66. The zero-order chi connectivity index (χ0) is 108. The number of carbonyl (C=O) groups excluding carboxylic acids is 4. The molecule has 0 bridgehead atoms. The van der Waals surface area contributed by atoms with Crippen molar-refractivity contribution in [2.24, 2.45) is 43.3 Å². The molecule has 148 heavy (non-hydrogen) atoms. The molecule has 13 rings (SSSR count). The maximum Gasteiger partial charge on any atom is 0.235 e. The maximum atomic E-state index is 11.8. The zero-order valence-electron chi connectivity index (χ0n) is 93.9. The van der Waals surface area contributed by atoms with Crippen LogP contribution >= 0.6 is 45.3 Å². The number of allylic oxidation sites excluding steroid dienone is 8. The van der Waals surface area contributed by atoms with E-state index in [1.54, 1.807) is 63.9 Å². The van der Waals surface area contributed by atoms with Gasteiger partial charge in [0.2, 0.25) is 23.5 Å². The Labute approximate surface area is 955 Å². The van der Waals surface area contributed by atoms with Crippen LogP contribution in [0, 0.1) is 123 Å². The van der Waals surface area contributed by atoms with Gasteiger partial charge in [0.05, 0.1) is 18.8 Å². The van der Waals surface area contributed by atoms with Crippen molar-refractivity contribution in [3.8, 4) is 57.0 Å². The van der Waals surface area contributed by atoms with Gasteiger partial charge in [0.25, 0.3) is 0 Å². The maximum absolute atomic E-state index is 11.8. The number of aliphatic hydroxyl groups excluding tert-OH is 4. The van der Waals surface area contributed by atoms with E-state index < -0.39 is 0 Å². The van der Waals surface area contributed by atoms with E-state index in [2.05, 4.69) is 171 Å². The molecule has 4 N–H and O–H groups in total. The van der Waals surface area contributed by atoms with Crippen LogP contribution in [-0.2, 0) is 99.6 Å². The molecule has 5 aromatic carbocycles. The molecule has 8 heterocycles. The number of rotatable bonds is 31. The van der Waals surface area contributed by atoms with E-state index in [0.717, 1.165) is 126 Å². The fourth-order valence-electron chi connectivity index (χ4n) is 13.0. The van der Waals surface area contributed by atoms with Crippen LogP contribution in [0.1, 0.15) is 312 Å². The van der Waals surface area contributed by atoms with Crippen LogP contribution in [0.5, 0.6) is 46.5 Å². The molecule has 24 heteroatoms. The van der Waals surface area contributed by atoms with E-state index in [1.807, 2.05) is 261 Å². The molecule has 4 radical (unpaired) electrons. The second-order valence-electron chi connectivity index (χ2n) is 42.8. The minimum Gasteiger partial charge on any atom is -0.512 e. The topological polar surface area (TPSA) is 238 Å². The van der Waals surface area contributed by atoms with Crippen molar-refractivity contribution < 1.29 is 139 Å². The van der Waals surface area contributed by atoms with Gasteiger partial charge in [0.1, 0.15) is 23.0 Å². The Morgan fingerprint density at radius 2 is 0.615 bits per heavy atom. The predicted molar refractivity (Wildman–Crippen MR) is 607 cm³/mol. The smallest absolute Gasteiger partial charge is 0.235 e. The Bertz CT molecular complexity index is 6230. The number of carbonyl (C=O) groups is 4. The van der Waals surface area contributed by atoms with Crippen molar-refractivity contribution in [1.82, 2.24) is 19.9 Å². The van der Waals surface area contributed by atoms with Crippen LogP contribution in [0.2, 0.25) is 0 Å². The van der Waals surface area contributed by atoms with Crippen LogP contribution in [-0.4, -0.2) is 63.5 Å². The fourth-order valence-corrected chi connectivity index (χ4v) is 17.2. The van der Waals surface area contributed by atoms with Gasteiger partial charge in [-0.3, -0.25) is 19.2 Å². The zero-order valence-corrected chi connectivity index (χ0v) is 107. The van der Waals surface area contributed by atoms with Crippen LogP contribution in [0.25, 0.3) is 50.8 Å². The summed E-state index contributed by atoms with van der Waals surface area (Å²) in [6.45, 7) is 71.7. The molecular weight excluding hydrogens is 2630 g/mol. The van der Waals surface area contributed by atoms with Crippen molar-refractivity contribution in [3.63, 3.8) is 0 Å². The molecule has 812 valence electrons. The van der Waals surface area contributed by atoms with Crippen LogP contribution in [0.3, 0.4) is 0 Å². The van der Waals surface area contributed by atoms with Gasteiger partial charge in [0.15, 0.2) is 23.1 Å². The first-order chi connectivity index (χ1) is 67.2. The third-order valence-electron chi connectivity index (χ3n) is 26.8. The minimum atomic E-state index is -0.377. The molecule has 0 aliphatic heterocycles. The molecule has 0 saturated heterocycles. The second-order valence-corrected chi connectivity index (χ2v) is 46.8. The van der Waals surface area contributed by atoms with Gasteiger partial charge in [-0.2, -0.15) is 68.8 Å². The number of hydrogen-bond donors (Lipinski definition) is 4. The summed E-state index contributed by atoms with van der Waals surface area (Å²) in [5.74, 6) is 7.33. The molecule has 0 atom stereocenters. The van der Waals surface area contributed by atoms with Crippen molar-refractivity contribution in [2.75, 3.05) is 0 Å². The summed E-state index contributed by atoms with van der Waals surface area (Å²) in [6.07, 6.45) is 19.1. The Balaban J connectivity index is 0.000000574. The molecule has 0 aliphatic carbocycles. The first-order valence-corrected chi connectivity index (χ1v) is 53.6. The average molecular weight is 2800 g/mol. The van der Waals surface area contributed by atoms with E-state index in [9.17, 15) is 39.6 Å².